The van der Waals surface area contributed by atoms with Crippen molar-refractivity contribution in [2.45, 2.75) is 57.8 Å². The number of benzene rings is 1. The van der Waals surface area contributed by atoms with E-state index in [1.165, 1.54) is 24.6 Å². The zero-order valence-corrected chi connectivity index (χ0v) is 18.9. The van der Waals surface area contributed by atoms with Gasteiger partial charge in [-0.2, -0.15) is 0 Å². The molecule has 1 aromatic carbocycles. The van der Waals surface area contributed by atoms with Crippen LogP contribution in [-0.4, -0.2) is 37.0 Å². The Kier molecular flexibility index (Phi) is 12.8. The summed E-state index contributed by atoms with van der Waals surface area (Å²) in [4.78, 5) is 24.2. The van der Waals surface area contributed by atoms with E-state index in [1.807, 2.05) is 0 Å². The van der Waals surface area contributed by atoms with Crippen molar-refractivity contribution in [3.8, 4) is 0 Å². The van der Waals surface area contributed by atoms with Gasteiger partial charge in [-0.15, -0.1) is 0 Å². The fourth-order valence-corrected chi connectivity index (χ4v) is 2.44. The average molecular weight is 408 g/mol. The molecule has 0 radical (unpaired) electrons. The van der Waals surface area contributed by atoms with E-state index in [-0.39, 0.29) is 47.3 Å². The Morgan fingerprint density at radius 1 is 1.00 bits per heavy atom. The van der Waals surface area contributed by atoms with Crippen molar-refractivity contribution >= 4 is 22.1 Å². The molecule has 9 heteroatoms. The number of hydrogen-bond donors (Lipinski definition) is 0. The summed E-state index contributed by atoms with van der Waals surface area (Å²) in [6.07, 6.45) is 6.26. The number of hydrogen-bond acceptors (Lipinski definition) is 7. The number of unbranched alkanes of at least 4 members (excludes halogenated alkanes) is 5. The van der Waals surface area contributed by atoms with Crippen molar-refractivity contribution in [2.75, 3.05) is 6.61 Å². The summed E-state index contributed by atoms with van der Waals surface area (Å²) in [6, 6.07) is 5.74. The SMILES string of the molecule is CCCCCCCCOC(=O)c1ccccc1C(=O)OC(C)S(=O)(=O)[O-].[Na+]. The van der Waals surface area contributed by atoms with Crippen molar-refractivity contribution in [1.29, 1.82) is 0 Å². The van der Waals surface area contributed by atoms with Crippen LogP contribution in [0.15, 0.2) is 24.3 Å². The van der Waals surface area contributed by atoms with E-state index >= 15 is 0 Å². The fourth-order valence-electron chi connectivity index (χ4n) is 2.24. The number of carbonyl (C=O) groups excluding carboxylic acids is 2. The third-order valence-electron chi connectivity index (χ3n) is 3.78. The van der Waals surface area contributed by atoms with E-state index in [2.05, 4.69) is 11.7 Å². The number of esters is 2. The van der Waals surface area contributed by atoms with Crippen molar-refractivity contribution in [1.82, 2.24) is 0 Å². The van der Waals surface area contributed by atoms with E-state index < -0.39 is 27.5 Å². The van der Waals surface area contributed by atoms with Crippen molar-refractivity contribution in [3.05, 3.63) is 35.4 Å². The van der Waals surface area contributed by atoms with Crippen molar-refractivity contribution < 1.29 is 61.6 Å². The molecule has 1 atom stereocenters. The monoisotopic (exact) mass is 408 g/mol. The van der Waals surface area contributed by atoms with Gasteiger partial charge in [0.2, 0.25) is 0 Å². The minimum absolute atomic E-state index is 0. The second-order valence-corrected chi connectivity index (χ2v) is 7.56. The molecule has 0 amide bonds. The molecule has 0 spiro atoms. The molecule has 27 heavy (non-hydrogen) atoms. The van der Waals surface area contributed by atoms with Gasteiger partial charge < -0.3 is 14.0 Å². The predicted molar refractivity (Wildman–Crippen MR) is 94.7 cm³/mol. The van der Waals surface area contributed by atoms with Crippen molar-refractivity contribution in [3.63, 3.8) is 0 Å². The van der Waals surface area contributed by atoms with Gasteiger partial charge in [-0.05, 0) is 25.5 Å². The van der Waals surface area contributed by atoms with Crippen LogP contribution in [0.1, 0.15) is 73.1 Å². The summed E-state index contributed by atoms with van der Waals surface area (Å²) in [7, 11) is -4.78. The molecule has 7 nitrogen and oxygen atoms in total. The van der Waals surface area contributed by atoms with Crippen LogP contribution in [0.3, 0.4) is 0 Å². The van der Waals surface area contributed by atoms with Crippen LogP contribution in [-0.2, 0) is 19.6 Å². The molecule has 0 saturated heterocycles. The first-order valence-corrected chi connectivity index (χ1v) is 10.2. The smallest absolute Gasteiger partial charge is 0.745 e. The first kappa shape index (κ1) is 26.1. The van der Waals surface area contributed by atoms with E-state index in [0.717, 1.165) is 39.0 Å². The Morgan fingerprint density at radius 2 is 1.52 bits per heavy atom. The third kappa shape index (κ3) is 9.71. The summed E-state index contributed by atoms with van der Waals surface area (Å²) in [6.45, 7) is 3.33. The van der Waals surface area contributed by atoms with Crippen LogP contribution >= 0.6 is 0 Å². The molecule has 1 aromatic rings. The van der Waals surface area contributed by atoms with Gasteiger partial charge in [-0.1, -0.05) is 51.2 Å². The summed E-state index contributed by atoms with van der Waals surface area (Å²) >= 11 is 0. The van der Waals surface area contributed by atoms with Crippen LogP contribution in [0.25, 0.3) is 0 Å². The summed E-state index contributed by atoms with van der Waals surface area (Å²) in [5.74, 6) is -1.76. The quantitative estimate of drug-likeness (QED) is 0.223. The van der Waals surface area contributed by atoms with Gasteiger partial charge in [0, 0.05) is 0 Å². The molecule has 0 saturated carbocycles. The number of carbonyl (C=O) groups is 2. The van der Waals surface area contributed by atoms with Gasteiger partial charge in [-0.3, -0.25) is 0 Å². The van der Waals surface area contributed by atoms with Gasteiger partial charge in [0.15, 0.2) is 5.44 Å². The van der Waals surface area contributed by atoms with Gasteiger partial charge >= 0.3 is 41.5 Å². The molecular weight excluding hydrogens is 383 g/mol. The van der Waals surface area contributed by atoms with E-state index in [0.29, 0.717) is 0 Å². The zero-order valence-electron chi connectivity index (χ0n) is 16.1. The minimum Gasteiger partial charge on any atom is -0.745 e. The maximum atomic E-state index is 12.2. The Bertz CT molecular complexity index is 703. The Labute approximate surface area is 182 Å². The van der Waals surface area contributed by atoms with Crippen LogP contribution in [0.5, 0.6) is 0 Å². The number of rotatable bonds is 11. The van der Waals surface area contributed by atoms with Crippen LogP contribution in [0, 0.1) is 0 Å². The molecule has 0 aliphatic rings. The molecule has 146 valence electrons. The largest absolute Gasteiger partial charge is 1.00 e. The standard InChI is InChI=1S/C18H26O7S.Na/c1-3-4-5-6-7-10-13-24-17(19)15-11-8-9-12-16(15)18(20)25-14(2)26(21,22)23;/h8-9,11-12,14H,3-7,10,13H2,1-2H3,(H,21,22,23);/q;+1/p-1. The normalized spacial score (nSPS) is 12.0. The fraction of sp³-hybridized carbons (Fsp3) is 0.556. The van der Waals surface area contributed by atoms with Gasteiger partial charge in [0.05, 0.1) is 17.7 Å². The molecule has 1 unspecified atom stereocenters. The zero-order chi connectivity index (χ0) is 19.6. The molecule has 0 aliphatic heterocycles. The molecule has 0 aromatic heterocycles. The molecule has 0 fully saturated rings. The molecular formula is C18H25NaO7S. The van der Waals surface area contributed by atoms with E-state index in [4.69, 9.17) is 4.74 Å². The van der Waals surface area contributed by atoms with Crippen LogP contribution < -0.4 is 29.6 Å². The maximum Gasteiger partial charge on any atom is 1.00 e. The topological polar surface area (TPSA) is 110 Å². The van der Waals surface area contributed by atoms with Gasteiger partial charge in [0.1, 0.15) is 10.1 Å². The molecule has 0 N–H and O–H groups in total. The molecule has 0 bridgehead atoms. The van der Waals surface area contributed by atoms with E-state index in [1.54, 1.807) is 6.07 Å². The van der Waals surface area contributed by atoms with Crippen molar-refractivity contribution in [2.24, 2.45) is 0 Å². The summed E-state index contributed by atoms with van der Waals surface area (Å²) < 4.78 is 42.4. The average Bonchev–Trinajstić information content (AvgIpc) is 2.59. The van der Waals surface area contributed by atoms with Gasteiger partial charge in [0.25, 0.3) is 0 Å². The Balaban J connectivity index is 0.00000676. The molecule has 0 heterocycles. The van der Waals surface area contributed by atoms with Crippen LogP contribution in [0.2, 0.25) is 0 Å². The first-order chi connectivity index (χ1) is 12.3. The summed E-state index contributed by atoms with van der Waals surface area (Å²) in [5, 5.41) is 0. The Morgan fingerprint density at radius 3 is 2.07 bits per heavy atom. The first-order valence-electron chi connectivity index (χ1n) is 8.69. The molecule has 0 aliphatic carbocycles. The summed E-state index contributed by atoms with van der Waals surface area (Å²) in [5.41, 5.74) is -2.02. The maximum absolute atomic E-state index is 12.2. The Hall–Kier alpha value is -0.930. The van der Waals surface area contributed by atoms with Gasteiger partial charge in [-0.25, -0.2) is 18.0 Å². The second-order valence-electron chi connectivity index (χ2n) is 5.92. The van der Waals surface area contributed by atoms with Crippen LogP contribution in [0.4, 0.5) is 0 Å². The minimum atomic E-state index is -4.78. The molecule has 1 rings (SSSR count). The number of ether oxygens (including phenoxy) is 2. The predicted octanol–water partition coefficient (Wildman–Crippen LogP) is 0.256. The van der Waals surface area contributed by atoms with E-state index in [9.17, 15) is 22.6 Å². The third-order valence-corrected chi connectivity index (χ3v) is 4.69. The second kappa shape index (κ2) is 13.3.